The first-order valence-corrected chi connectivity index (χ1v) is 7.63. The zero-order valence-corrected chi connectivity index (χ0v) is 12.4. The van der Waals surface area contributed by atoms with Gasteiger partial charge in [-0.05, 0) is 25.7 Å². The molecule has 1 fully saturated rings. The predicted molar refractivity (Wildman–Crippen MR) is 79.8 cm³/mol. The van der Waals surface area contributed by atoms with Crippen LogP contribution in [0.25, 0.3) is 0 Å². The van der Waals surface area contributed by atoms with Crippen molar-refractivity contribution in [3.05, 3.63) is 18.1 Å². The molecule has 0 aromatic carbocycles. The summed E-state index contributed by atoms with van der Waals surface area (Å²) in [5.41, 5.74) is 0.454. The summed E-state index contributed by atoms with van der Waals surface area (Å²) in [4.78, 5) is 22.9. The second kappa shape index (κ2) is 7.22. The highest BCUT2D eigenvalue weighted by atomic mass is 16.2. The van der Waals surface area contributed by atoms with Gasteiger partial charge in [0, 0.05) is 19.1 Å². The lowest BCUT2D eigenvalue weighted by molar-refractivity contribution is 0.0734. The number of carbonyl (C=O) groups excluding carboxylic acids is 1. The molecule has 1 aromatic rings. The van der Waals surface area contributed by atoms with Crippen LogP contribution in [0.5, 0.6) is 0 Å². The quantitative estimate of drug-likeness (QED) is 0.793. The van der Waals surface area contributed by atoms with E-state index < -0.39 is 0 Å². The monoisotopic (exact) mass is 276 g/mol. The van der Waals surface area contributed by atoms with Crippen LogP contribution in [0.1, 0.15) is 56.4 Å². The van der Waals surface area contributed by atoms with Gasteiger partial charge in [-0.2, -0.15) is 0 Å². The third kappa shape index (κ3) is 3.92. The maximum Gasteiger partial charge on any atom is 0.274 e. The zero-order chi connectivity index (χ0) is 14.4. The third-order valence-corrected chi connectivity index (χ3v) is 3.43. The van der Waals surface area contributed by atoms with Crippen molar-refractivity contribution in [2.75, 3.05) is 18.4 Å². The number of hydrogen-bond acceptors (Lipinski definition) is 4. The minimum Gasteiger partial charge on any atom is -0.369 e. The lowest BCUT2D eigenvalue weighted by Crippen LogP contribution is -2.34. The summed E-state index contributed by atoms with van der Waals surface area (Å²) in [6.07, 6.45) is 8.66. The lowest BCUT2D eigenvalue weighted by atomic mass is 10.3. The molecular formula is C15H24N4O. The predicted octanol–water partition coefficient (Wildman–Crippen LogP) is 2.70. The Morgan fingerprint density at radius 3 is 2.65 bits per heavy atom. The van der Waals surface area contributed by atoms with Crippen LogP contribution in [0.4, 0.5) is 5.82 Å². The number of carbonyl (C=O) groups is 1. The largest absolute Gasteiger partial charge is 0.369 e. The van der Waals surface area contributed by atoms with Crippen LogP contribution < -0.4 is 5.32 Å². The third-order valence-electron chi connectivity index (χ3n) is 3.43. The Kier molecular flexibility index (Phi) is 5.32. The molecule has 0 atom stereocenters. The molecule has 1 heterocycles. The number of amides is 1. The fourth-order valence-electron chi connectivity index (χ4n) is 2.09. The highest BCUT2D eigenvalue weighted by molar-refractivity contribution is 5.92. The van der Waals surface area contributed by atoms with E-state index in [0.29, 0.717) is 11.7 Å². The normalized spacial score (nSPS) is 14.1. The Morgan fingerprint density at radius 1 is 1.30 bits per heavy atom. The standard InChI is InChI=1S/C15H24N4O/c1-3-5-9-19(12-6-7-12)15(20)13-10-18-14(11-17-13)16-8-4-2/h10-12H,3-9H2,1-2H3,(H,16,18). The molecule has 1 aromatic heterocycles. The molecular weight excluding hydrogens is 252 g/mol. The van der Waals surface area contributed by atoms with Crippen LogP contribution in [0.3, 0.4) is 0 Å². The Hall–Kier alpha value is -1.65. The number of nitrogens with one attached hydrogen (secondary N) is 1. The summed E-state index contributed by atoms with van der Waals surface area (Å²) in [6, 6.07) is 0.425. The molecule has 1 aliphatic carbocycles. The molecule has 0 radical (unpaired) electrons. The Morgan fingerprint density at radius 2 is 2.10 bits per heavy atom. The summed E-state index contributed by atoms with van der Waals surface area (Å²) >= 11 is 0. The molecule has 20 heavy (non-hydrogen) atoms. The van der Waals surface area contributed by atoms with Crippen LogP contribution in [0.15, 0.2) is 12.4 Å². The molecule has 0 spiro atoms. The van der Waals surface area contributed by atoms with Crippen LogP contribution in [0, 0.1) is 0 Å². The lowest BCUT2D eigenvalue weighted by Gasteiger charge is -2.21. The molecule has 1 amide bonds. The van der Waals surface area contributed by atoms with E-state index in [1.807, 2.05) is 4.90 Å². The number of aromatic nitrogens is 2. The van der Waals surface area contributed by atoms with E-state index in [1.54, 1.807) is 12.4 Å². The first-order chi connectivity index (χ1) is 9.76. The Balaban J connectivity index is 1.99. The minimum atomic E-state index is 0.0236. The highest BCUT2D eigenvalue weighted by Gasteiger charge is 2.33. The van der Waals surface area contributed by atoms with Crippen molar-refractivity contribution < 1.29 is 4.79 Å². The van der Waals surface area contributed by atoms with Gasteiger partial charge in [0.15, 0.2) is 0 Å². The van der Waals surface area contributed by atoms with E-state index in [2.05, 4.69) is 29.1 Å². The molecule has 0 bridgehead atoms. The molecule has 0 saturated heterocycles. The number of nitrogens with zero attached hydrogens (tertiary/aromatic N) is 3. The Labute approximate surface area is 120 Å². The van der Waals surface area contributed by atoms with Gasteiger partial charge in [-0.25, -0.2) is 9.97 Å². The second-order valence-electron chi connectivity index (χ2n) is 5.30. The van der Waals surface area contributed by atoms with Gasteiger partial charge in [0.25, 0.3) is 5.91 Å². The summed E-state index contributed by atoms with van der Waals surface area (Å²) < 4.78 is 0. The molecule has 0 unspecified atom stereocenters. The van der Waals surface area contributed by atoms with Crippen LogP contribution >= 0.6 is 0 Å². The molecule has 110 valence electrons. The Bertz CT molecular complexity index is 428. The first-order valence-electron chi connectivity index (χ1n) is 7.63. The highest BCUT2D eigenvalue weighted by Crippen LogP contribution is 2.28. The average molecular weight is 276 g/mol. The van der Waals surface area contributed by atoms with E-state index in [0.717, 1.165) is 51.0 Å². The maximum absolute atomic E-state index is 12.5. The van der Waals surface area contributed by atoms with Crippen molar-refractivity contribution in [3.8, 4) is 0 Å². The fourth-order valence-corrected chi connectivity index (χ4v) is 2.09. The van der Waals surface area contributed by atoms with Crippen LogP contribution in [0.2, 0.25) is 0 Å². The second-order valence-corrected chi connectivity index (χ2v) is 5.30. The molecule has 1 N–H and O–H groups in total. The topological polar surface area (TPSA) is 58.1 Å². The molecule has 2 rings (SSSR count). The number of anilines is 1. The first kappa shape index (κ1) is 14.8. The van der Waals surface area contributed by atoms with Gasteiger partial charge in [0.05, 0.1) is 12.4 Å². The average Bonchev–Trinajstić information content (AvgIpc) is 3.30. The van der Waals surface area contributed by atoms with E-state index >= 15 is 0 Å². The minimum absolute atomic E-state index is 0.0236. The van der Waals surface area contributed by atoms with Crippen LogP contribution in [-0.4, -0.2) is 39.9 Å². The van der Waals surface area contributed by atoms with E-state index in [1.165, 1.54) is 0 Å². The molecule has 1 saturated carbocycles. The summed E-state index contributed by atoms with van der Waals surface area (Å²) in [5, 5.41) is 3.16. The SMILES string of the molecule is CCCCN(C(=O)c1cnc(NCCC)cn1)C1CC1. The van der Waals surface area contributed by atoms with E-state index in [9.17, 15) is 4.79 Å². The van der Waals surface area contributed by atoms with Crippen molar-refractivity contribution in [3.63, 3.8) is 0 Å². The van der Waals surface area contributed by atoms with Gasteiger partial charge in [-0.15, -0.1) is 0 Å². The summed E-state index contributed by atoms with van der Waals surface area (Å²) in [7, 11) is 0. The van der Waals surface area contributed by atoms with Gasteiger partial charge < -0.3 is 10.2 Å². The molecule has 5 heteroatoms. The van der Waals surface area contributed by atoms with Gasteiger partial charge >= 0.3 is 0 Å². The maximum atomic E-state index is 12.5. The molecule has 5 nitrogen and oxygen atoms in total. The van der Waals surface area contributed by atoms with Gasteiger partial charge in [0.2, 0.25) is 0 Å². The smallest absolute Gasteiger partial charge is 0.274 e. The summed E-state index contributed by atoms with van der Waals surface area (Å²) in [5.74, 6) is 0.755. The number of unbranched alkanes of at least 4 members (excludes halogenated alkanes) is 1. The molecule has 0 aliphatic heterocycles. The fraction of sp³-hybridized carbons (Fsp3) is 0.667. The zero-order valence-electron chi connectivity index (χ0n) is 12.4. The number of hydrogen-bond donors (Lipinski definition) is 1. The summed E-state index contributed by atoms with van der Waals surface area (Å²) in [6.45, 7) is 5.94. The van der Waals surface area contributed by atoms with E-state index in [-0.39, 0.29) is 5.91 Å². The van der Waals surface area contributed by atoms with E-state index in [4.69, 9.17) is 0 Å². The molecule has 1 aliphatic rings. The van der Waals surface area contributed by atoms with Crippen LogP contribution in [-0.2, 0) is 0 Å². The van der Waals surface area contributed by atoms with Gasteiger partial charge in [-0.1, -0.05) is 20.3 Å². The van der Waals surface area contributed by atoms with Crippen molar-refractivity contribution in [1.82, 2.24) is 14.9 Å². The van der Waals surface area contributed by atoms with Crippen molar-refractivity contribution >= 4 is 11.7 Å². The van der Waals surface area contributed by atoms with Crippen molar-refractivity contribution in [2.45, 2.75) is 52.0 Å². The van der Waals surface area contributed by atoms with Crippen molar-refractivity contribution in [2.24, 2.45) is 0 Å². The number of rotatable bonds is 8. The van der Waals surface area contributed by atoms with Gasteiger partial charge in [0.1, 0.15) is 11.5 Å². The van der Waals surface area contributed by atoms with Crippen molar-refractivity contribution in [1.29, 1.82) is 0 Å². The van der Waals surface area contributed by atoms with Gasteiger partial charge in [-0.3, -0.25) is 4.79 Å².